The second-order valence-electron chi connectivity index (χ2n) is 7.32. The molecule has 2 aromatic heterocycles. The first kappa shape index (κ1) is 15.9. The zero-order valence-electron chi connectivity index (χ0n) is 15.3. The fraction of sp³-hybridized carbons (Fsp3) is 0.0769. The van der Waals surface area contributed by atoms with E-state index >= 15 is 0 Å². The predicted molar refractivity (Wildman–Crippen MR) is 120 cm³/mol. The van der Waals surface area contributed by atoms with Gasteiger partial charge < -0.3 is 4.42 Å². The van der Waals surface area contributed by atoms with Crippen LogP contribution in [0.25, 0.3) is 42.1 Å². The number of fused-ring (bicyclic) bond motifs is 6. The van der Waals surface area contributed by atoms with Crippen LogP contribution in [-0.2, 0) is 12.8 Å². The number of thiophene rings is 1. The minimum Gasteiger partial charge on any atom is -0.456 e. The van der Waals surface area contributed by atoms with Gasteiger partial charge in [0.05, 0.1) is 0 Å². The molecule has 0 amide bonds. The molecular weight excluding hydrogens is 360 g/mol. The van der Waals surface area contributed by atoms with Crippen LogP contribution in [-0.4, -0.2) is 0 Å². The number of benzene rings is 4. The first-order valence-corrected chi connectivity index (χ1v) is 10.5. The van der Waals surface area contributed by atoms with Gasteiger partial charge in [0.25, 0.3) is 0 Å². The molecule has 0 saturated heterocycles. The van der Waals surface area contributed by atoms with E-state index in [0.717, 1.165) is 24.0 Å². The van der Waals surface area contributed by atoms with Crippen LogP contribution in [0.2, 0.25) is 0 Å². The highest BCUT2D eigenvalue weighted by molar-refractivity contribution is 7.26. The van der Waals surface area contributed by atoms with Gasteiger partial charge in [-0.2, -0.15) is 0 Å². The lowest BCUT2D eigenvalue weighted by Crippen LogP contribution is -1.91. The molecule has 0 saturated carbocycles. The summed E-state index contributed by atoms with van der Waals surface area (Å²) in [7, 11) is 0. The fourth-order valence-electron chi connectivity index (χ4n) is 4.21. The monoisotopic (exact) mass is 378 g/mol. The SMILES string of the molecule is c1ccc2c(c1)oc1ccc(CCc3cccc4c3sc3ccccc34)cc12. The third-order valence-electron chi connectivity index (χ3n) is 5.61. The Morgan fingerprint density at radius 1 is 0.607 bits per heavy atom. The van der Waals surface area contributed by atoms with Gasteiger partial charge in [0, 0.05) is 30.9 Å². The van der Waals surface area contributed by atoms with E-state index in [1.165, 1.54) is 42.1 Å². The second kappa shape index (κ2) is 6.22. The van der Waals surface area contributed by atoms with Crippen LogP contribution in [0.4, 0.5) is 0 Å². The number of furan rings is 1. The molecule has 134 valence electrons. The fourth-order valence-corrected chi connectivity index (χ4v) is 5.45. The Balaban J connectivity index is 1.38. The van der Waals surface area contributed by atoms with Gasteiger partial charge in [-0.3, -0.25) is 0 Å². The molecule has 28 heavy (non-hydrogen) atoms. The number of aryl methyl sites for hydroxylation is 2. The normalized spacial score (nSPS) is 11.9. The summed E-state index contributed by atoms with van der Waals surface area (Å²) < 4.78 is 8.76. The van der Waals surface area contributed by atoms with E-state index in [-0.39, 0.29) is 0 Å². The summed E-state index contributed by atoms with van der Waals surface area (Å²) in [5, 5.41) is 5.17. The van der Waals surface area contributed by atoms with Gasteiger partial charge in [0.2, 0.25) is 0 Å². The number of rotatable bonds is 3. The van der Waals surface area contributed by atoms with E-state index in [1.807, 2.05) is 23.5 Å². The molecule has 0 unspecified atom stereocenters. The summed E-state index contributed by atoms with van der Waals surface area (Å²) >= 11 is 1.91. The van der Waals surface area contributed by atoms with Gasteiger partial charge in [-0.25, -0.2) is 0 Å². The Labute approximate surface area is 166 Å². The standard InChI is InChI=1S/C26H18OS/c1-3-10-23-19(7-1)22-16-17(13-15-24(22)27-23)12-14-18-6-5-9-21-20-8-2-4-11-25(20)28-26(18)21/h1-11,13,15-16H,12,14H2. The molecule has 0 fully saturated rings. The van der Waals surface area contributed by atoms with Crippen molar-refractivity contribution in [2.45, 2.75) is 12.8 Å². The molecular formula is C26H18OS. The van der Waals surface area contributed by atoms with Crippen molar-refractivity contribution in [1.29, 1.82) is 0 Å². The van der Waals surface area contributed by atoms with E-state index in [2.05, 4.69) is 72.8 Å². The Kier molecular flexibility index (Phi) is 3.53. The Morgan fingerprint density at radius 2 is 1.39 bits per heavy atom. The number of hydrogen-bond donors (Lipinski definition) is 0. The Morgan fingerprint density at radius 3 is 2.36 bits per heavy atom. The van der Waals surface area contributed by atoms with Gasteiger partial charge in [0.1, 0.15) is 11.2 Å². The first-order valence-electron chi connectivity index (χ1n) is 9.66. The van der Waals surface area contributed by atoms with Crippen molar-refractivity contribution in [3.63, 3.8) is 0 Å². The smallest absolute Gasteiger partial charge is 0.135 e. The van der Waals surface area contributed by atoms with Crippen LogP contribution in [0, 0.1) is 0 Å². The summed E-state index contributed by atoms with van der Waals surface area (Å²) in [5.74, 6) is 0. The van der Waals surface area contributed by atoms with Crippen LogP contribution >= 0.6 is 11.3 Å². The molecule has 2 heterocycles. The summed E-state index contributed by atoms with van der Waals surface area (Å²) in [4.78, 5) is 0. The van der Waals surface area contributed by atoms with Crippen LogP contribution in [0.15, 0.2) is 89.3 Å². The van der Waals surface area contributed by atoms with Gasteiger partial charge >= 0.3 is 0 Å². The lowest BCUT2D eigenvalue weighted by atomic mass is 10.0. The maximum Gasteiger partial charge on any atom is 0.135 e. The summed E-state index contributed by atoms with van der Waals surface area (Å²) in [6.45, 7) is 0. The largest absolute Gasteiger partial charge is 0.456 e. The molecule has 0 bridgehead atoms. The Hall–Kier alpha value is -3.10. The zero-order chi connectivity index (χ0) is 18.5. The average molecular weight is 378 g/mol. The molecule has 4 aromatic carbocycles. The van der Waals surface area contributed by atoms with Gasteiger partial charge in [-0.05, 0) is 48.2 Å². The van der Waals surface area contributed by atoms with E-state index in [9.17, 15) is 0 Å². The molecule has 0 radical (unpaired) electrons. The van der Waals surface area contributed by atoms with Crippen LogP contribution < -0.4 is 0 Å². The number of para-hydroxylation sites is 1. The maximum absolute atomic E-state index is 5.96. The quantitative estimate of drug-likeness (QED) is 0.307. The van der Waals surface area contributed by atoms with Crippen LogP contribution in [0.1, 0.15) is 11.1 Å². The molecule has 6 aromatic rings. The predicted octanol–water partition coefficient (Wildman–Crippen LogP) is 7.74. The molecule has 0 aliphatic heterocycles. The van der Waals surface area contributed by atoms with Crippen molar-refractivity contribution in [2.24, 2.45) is 0 Å². The molecule has 1 nitrogen and oxygen atoms in total. The highest BCUT2D eigenvalue weighted by Gasteiger charge is 2.10. The van der Waals surface area contributed by atoms with Crippen molar-refractivity contribution in [3.05, 3.63) is 96.1 Å². The van der Waals surface area contributed by atoms with E-state index in [0.29, 0.717) is 0 Å². The topological polar surface area (TPSA) is 13.1 Å². The highest BCUT2D eigenvalue weighted by Crippen LogP contribution is 2.36. The van der Waals surface area contributed by atoms with Crippen LogP contribution in [0.3, 0.4) is 0 Å². The van der Waals surface area contributed by atoms with E-state index in [1.54, 1.807) is 0 Å². The van der Waals surface area contributed by atoms with E-state index < -0.39 is 0 Å². The van der Waals surface area contributed by atoms with Crippen molar-refractivity contribution < 1.29 is 4.42 Å². The third-order valence-corrected chi connectivity index (χ3v) is 6.87. The lowest BCUT2D eigenvalue weighted by Gasteiger charge is -2.04. The zero-order valence-corrected chi connectivity index (χ0v) is 16.1. The molecule has 2 heteroatoms. The third kappa shape index (κ3) is 2.45. The molecule has 0 aliphatic rings. The van der Waals surface area contributed by atoms with Crippen molar-refractivity contribution in [2.75, 3.05) is 0 Å². The maximum atomic E-state index is 5.96. The minimum atomic E-state index is 0.963. The van der Waals surface area contributed by atoms with Crippen LogP contribution in [0.5, 0.6) is 0 Å². The van der Waals surface area contributed by atoms with Crippen molar-refractivity contribution in [1.82, 2.24) is 0 Å². The summed E-state index contributed by atoms with van der Waals surface area (Å²) in [6.07, 6.45) is 2.08. The highest BCUT2D eigenvalue weighted by atomic mass is 32.1. The second-order valence-corrected chi connectivity index (χ2v) is 8.37. The van der Waals surface area contributed by atoms with Crippen molar-refractivity contribution in [3.8, 4) is 0 Å². The lowest BCUT2D eigenvalue weighted by molar-refractivity contribution is 0.668. The number of hydrogen-bond acceptors (Lipinski definition) is 2. The molecule has 0 spiro atoms. The molecule has 0 aliphatic carbocycles. The van der Waals surface area contributed by atoms with E-state index in [4.69, 9.17) is 4.42 Å². The molecule has 6 rings (SSSR count). The van der Waals surface area contributed by atoms with Crippen molar-refractivity contribution >= 4 is 53.4 Å². The minimum absolute atomic E-state index is 0.963. The summed E-state index contributed by atoms with van der Waals surface area (Å²) in [6, 6.07) is 30.3. The summed E-state index contributed by atoms with van der Waals surface area (Å²) in [5.41, 5.74) is 4.73. The molecule has 0 atom stereocenters. The Bertz CT molecular complexity index is 1470. The van der Waals surface area contributed by atoms with Gasteiger partial charge in [-0.1, -0.05) is 60.7 Å². The average Bonchev–Trinajstić information content (AvgIpc) is 3.30. The molecule has 0 N–H and O–H groups in total. The van der Waals surface area contributed by atoms with Gasteiger partial charge in [0.15, 0.2) is 0 Å². The van der Waals surface area contributed by atoms with Gasteiger partial charge in [-0.15, -0.1) is 11.3 Å². The first-order chi connectivity index (χ1) is 13.9.